The lowest BCUT2D eigenvalue weighted by Crippen LogP contribution is -2.11. The minimum absolute atomic E-state index is 0.0301. The van der Waals surface area contributed by atoms with Crippen molar-refractivity contribution in [1.82, 2.24) is 0 Å². The highest BCUT2D eigenvalue weighted by atomic mass is 32.2. The van der Waals surface area contributed by atoms with E-state index in [1.54, 1.807) is 6.92 Å². The quantitative estimate of drug-likeness (QED) is 0.311. The molecule has 0 aromatic heterocycles. The van der Waals surface area contributed by atoms with Gasteiger partial charge in [0.1, 0.15) is 0 Å². The van der Waals surface area contributed by atoms with E-state index < -0.39 is 21.8 Å². The molecule has 5 nitrogen and oxygen atoms in total. The molecule has 0 fully saturated rings. The first kappa shape index (κ1) is 13.1. The van der Waals surface area contributed by atoms with Gasteiger partial charge in [-0.25, -0.2) is 4.79 Å². The SMILES string of the molecule is C=C(CC)C(=O)OCCCS(=O)(=O)O. The van der Waals surface area contributed by atoms with Crippen molar-refractivity contribution in [2.75, 3.05) is 12.4 Å². The lowest BCUT2D eigenvalue weighted by molar-refractivity contribution is -0.139. The summed E-state index contributed by atoms with van der Waals surface area (Å²) < 4.78 is 33.6. The molecule has 0 aliphatic carbocycles. The molecule has 0 unspecified atom stereocenters. The van der Waals surface area contributed by atoms with Crippen LogP contribution in [0.25, 0.3) is 0 Å². The minimum Gasteiger partial charge on any atom is -0.462 e. The molecule has 0 aromatic carbocycles. The van der Waals surface area contributed by atoms with E-state index in [0.29, 0.717) is 12.0 Å². The van der Waals surface area contributed by atoms with Gasteiger partial charge in [0, 0.05) is 5.57 Å². The van der Waals surface area contributed by atoms with Gasteiger partial charge in [0.05, 0.1) is 12.4 Å². The first-order valence-electron chi connectivity index (χ1n) is 4.17. The van der Waals surface area contributed by atoms with Crippen LogP contribution >= 0.6 is 0 Å². The number of carbonyl (C=O) groups is 1. The van der Waals surface area contributed by atoms with E-state index in [-0.39, 0.29) is 13.0 Å². The predicted octanol–water partition coefficient (Wildman–Crippen LogP) is 0.774. The number of rotatable bonds is 6. The van der Waals surface area contributed by atoms with Crippen LogP contribution in [0.4, 0.5) is 0 Å². The molecule has 0 atom stereocenters. The van der Waals surface area contributed by atoms with Gasteiger partial charge >= 0.3 is 5.97 Å². The fourth-order valence-electron chi connectivity index (χ4n) is 0.653. The van der Waals surface area contributed by atoms with Crippen molar-refractivity contribution in [3.05, 3.63) is 12.2 Å². The molecule has 0 saturated carbocycles. The maximum Gasteiger partial charge on any atom is 0.333 e. The molecule has 0 rings (SSSR count). The number of esters is 1. The van der Waals surface area contributed by atoms with Crippen molar-refractivity contribution >= 4 is 16.1 Å². The zero-order valence-corrected chi connectivity index (χ0v) is 8.84. The van der Waals surface area contributed by atoms with Gasteiger partial charge in [0.15, 0.2) is 0 Å². The van der Waals surface area contributed by atoms with Crippen LogP contribution in [0, 0.1) is 0 Å². The van der Waals surface area contributed by atoms with Crippen LogP contribution in [0.15, 0.2) is 12.2 Å². The average Bonchev–Trinajstić information content (AvgIpc) is 2.09. The van der Waals surface area contributed by atoms with Gasteiger partial charge in [-0.2, -0.15) is 8.42 Å². The molecule has 0 radical (unpaired) electrons. The fraction of sp³-hybridized carbons (Fsp3) is 0.625. The van der Waals surface area contributed by atoms with Crippen LogP contribution in [0.1, 0.15) is 19.8 Å². The predicted molar refractivity (Wildman–Crippen MR) is 51.4 cm³/mol. The van der Waals surface area contributed by atoms with E-state index in [4.69, 9.17) is 4.55 Å². The maximum atomic E-state index is 11.0. The van der Waals surface area contributed by atoms with Crippen LogP contribution in [0.5, 0.6) is 0 Å². The summed E-state index contributed by atoms with van der Waals surface area (Å²) in [6, 6.07) is 0. The zero-order valence-electron chi connectivity index (χ0n) is 8.02. The van der Waals surface area contributed by atoms with E-state index in [9.17, 15) is 13.2 Å². The molecule has 0 spiro atoms. The molecule has 14 heavy (non-hydrogen) atoms. The summed E-state index contributed by atoms with van der Waals surface area (Å²) in [4.78, 5) is 11.0. The lowest BCUT2D eigenvalue weighted by atomic mass is 10.2. The minimum atomic E-state index is -3.96. The number of carbonyl (C=O) groups excluding carboxylic acids is 1. The van der Waals surface area contributed by atoms with Crippen LogP contribution < -0.4 is 0 Å². The van der Waals surface area contributed by atoms with E-state index >= 15 is 0 Å². The second-order valence-electron chi connectivity index (χ2n) is 2.73. The standard InChI is InChI=1S/C8H14O5S/c1-3-7(2)8(9)13-5-4-6-14(10,11)12/h2-6H2,1H3,(H,10,11,12). The topological polar surface area (TPSA) is 80.7 Å². The summed E-state index contributed by atoms with van der Waals surface area (Å²) in [6.45, 7) is 5.19. The van der Waals surface area contributed by atoms with Gasteiger partial charge in [-0.05, 0) is 12.8 Å². The third-order valence-corrected chi connectivity index (χ3v) is 2.30. The Kier molecular flexibility index (Phi) is 5.40. The number of hydrogen-bond acceptors (Lipinski definition) is 4. The van der Waals surface area contributed by atoms with E-state index in [2.05, 4.69) is 11.3 Å². The largest absolute Gasteiger partial charge is 0.462 e. The maximum absolute atomic E-state index is 11.0. The summed E-state index contributed by atoms with van der Waals surface area (Å²) in [5.74, 6) is -0.929. The second kappa shape index (κ2) is 5.77. The molecular weight excluding hydrogens is 208 g/mol. The molecule has 0 saturated heterocycles. The lowest BCUT2D eigenvalue weighted by Gasteiger charge is -2.04. The number of ether oxygens (including phenoxy) is 1. The second-order valence-corrected chi connectivity index (χ2v) is 4.30. The van der Waals surface area contributed by atoms with Crippen LogP contribution in [-0.4, -0.2) is 31.3 Å². The molecule has 0 aromatic rings. The van der Waals surface area contributed by atoms with Crippen molar-refractivity contribution in [3.8, 4) is 0 Å². The normalized spacial score (nSPS) is 11.0. The Balaban J connectivity index is 3.66. The van der Waals surface area contributed by atoms with E-state index in [0.717, 1.165) is 0 Å². The Labute approximate surface area is 83.5 Å². The average molecular weight is 222 g/mol. The molecule has 1 N–H and O–H groups in total. The van der Waals surface area contributed by atoms with E-state index in [1.807, 2.05) is 0 Å². The third kappa shape index (κ3) is 6.62. The molecule has 0 aliphatic rings. The van der Waals surface area contributed by atoms with Crippen molar-refractivity contribution in [2.45, 2.75) is 19.8 Å². The van der Waals surface area contributed by atoms with E-state index in [1.165, 1.54) is 0 Å². The Bertz CT molecular complexity index is 304. The summed E-state index contributed by atoms with van der Waals surface area (Å²) in [5.41, 5.74) is 0.344. The molecule has 0 amide bonds. The van der Waals surface area contributed by atoms with Crippen molar-refractivity contribution in [3.63, 3.8) is 0 Å². The van der Waals surface area contributed by atoms with Gasteiger partial charge in [-0.1, -0.05) is 13.5 Å². The van der Waals surface area contributed by atoms with Gasteiger partial charge in [0.2, 0.25) is 0 Å². The van der Waals surface area contributed by atoms with Gasteiger partial charge in [0.25, 0.3) is 10.1 Å². The Hall–Kier alpha value is -0.880. The molecule has 6 heteroatoms. The van der Waals surface area contributed by atoms with Crippen LogP contribution in [0.3, 0.4) is 0 Å². The fourth-order valence-corrected chi connectivity index (χ4v) is 1.14. The highest BCUT2D eigenvalue weighted by Crippen LogP contribution is 2.00. The Morgan fingerprint density at radius 2 is 2.07 bits per heavy atom. The first-order chi connectivity index (χ1) is 6.37. The van der Waals surface area contributed by atoms with Crippen molar-refractivity contribution < 1.29 is 22.5 Å². The first-order valence-corrected chi connectivity index (χ1v) is 5.77. The Morgan fingerprint density at radius 1 is 1.50 bits per heavy atom. The summed E-state index contributed by atoms with van der Waals surface area (Å²) in [5, 5.41) is 0. The number of hydrogen-bond donors (Lipinski definition) is 1. The Morgan fingerprint density at radius 3 is 2.50 bits per heavy atom. The van der Waals surface area contributed by atoms with Crippen molar-refractivity contribution in [2.24, 2.45) is 0 Å². The third-order valence-electron chi connectivity index (χ3n) is 1.50. The molecular formula is C8H14O5S. The monoisotopic (exact) mass is 222 g/mol. The smallest absolute Gasteiger partial charge is 0.333 e. The molecule has 0 heterocycles. The van der Waals surface area contributed by atoms with Crippen LogP contribution in [-0.2, 0) is 19.6 Å². The molecule has 0 bridgehead atoms. The van der Waals surface area contributed by atoms with Gasteiger partial charge in [-0.15, -0.1) is 0 Å². The summed E-state index contributed by atoms with van der Waals surface area (Å²) in [7, 11) is -3.96. The highest BCUT2D eigenvalue weighted by molar-refractivity contribution is 7.85. The molecule has 82 valence electrons. The summed E-state index contributed by atoms with van der Waals surface area (Å²) in [6.07, 6.45) is 0.582. The van der Waals surface area contributed by atoms with Crippen LogP contribution in [0.2, 0.25) is 0 Å². The van der Waals surface area contributed by atoms with Gasteiger partial charge < -0.3 is 4.74 Å². The van der Waals surface area contributed by atoms with Crippen molar-refractivity contribution in [1.29, 1.82) is 0 Å². The van der Waals surface area contributed by atoms with Gasteiger partial charge in [-0.3, -0.25) is 4.55 Å². The summed E-state index contributed by atoms with van der Waals surface area (Å²) >= 11 is 0. The molecule has 0 aliphatic heterocycles. The zero-order chi connectivity index (χ0) is 11.2. The highest BCUT2D eigenvalue weighted by Gasteiger charge is 2.07.